The zero-order chi connectivity index (χ0) is 13.7. The molecule has 0 saturated heterocycles. The minimum atomic E-state index is -0.728. The van der Waals surface area contributed by atoms with E-state index in [0.29, 0.717) is 6.42 Å². The smallest absolute Gasteiger partial charge is 0.0616 e. The van der Waals surface area contributed by atoms with Crippen LogP contribution in [0.15, 0.2) is 0 Å². The lowest BCUT2D eigenvalue weighted by Gasteiger charge is -2.17. The molecule has 106 valence electrons. The van der Waals surface area contributed by atoms with Crippen LogP contribution in [0.4, 0.5) is 0 Å². The van der Waals surface area contributed by atoms with Gasteiger partial charge in [0.05, 0.1) is 11.7 Å². The molecule has 0 aromatic carbocycles. The summed E-state index contributed by atoms with van der Waals surface area (Å²) in [7, 11) is 0. The quantitative estimate of drug-likeness (QED) is 0.649. The number of rotatable bonds is 8. The summed E-state index contributed by atoms with van der Waals surface area (Å²) < 4.78 is 5.31. The Labute approximate surface area is 107 Å². The highest BCUT2D eigenvalue weighted by Crippen LogP contribution is 2.09. The standard InChI is InChI=1S/C8H18O.C6H14O2/c1-3-5-7-9-8-6-4-2;1-5(7)4-6(2,3)8/h3-8H2,1-2H3;5,7-8H,4H2,1-3H3. The van der Waals surface area contributed by atoms with E-state index in [9.17, 15) is 0 Å². The average molecular weight is 248 g/mol. The molecule has 3 nitrogen and oxygen atoms in total. The summed E-state index contributed by atoms with van der Waals surface area (Å²) in [5, 5.41) is 17.8. The van der Waals surface area contributed by atoms with Crippen molar-refractivity contribution >= 4 is 0 Å². The maximum Gasteiger partial charge on any atom is 0.0616 e. The van der Waals surface area contributed by atoms with Crippen LogP contribution in [-0.4, -0.2) is 35.1 Å². The van der Waals surface area contributed by atoms with Crippen LogP contribution in [0.2, 0.25) is 0 Å². The zero-order valence-corrected chi connectivity index (χ0v) is 12.3. The van der Waals surface area contributed by atoms with E-state index in [4.69, 9.17) is 14.9 Å². The highest BCUT2D eigenvalue weighted by atomic mass is 16.5. The molecule has 0 saturated carbocycles. The second-order valence-corrected chi connectivity index (χ2v) is 5.19. The van der Waals surface area contributed by atoms with Crippen molar-refractivity contribution in [3.8, 4) is 0 Å². The van der Waals surface area contributed by atoms with Gasteiger partial charge in [-0.25, -0.2) is 0 Å². The molecule has 1 unspecified atom stereocenters. The molecule has 0 aromatic rings. The molecule has 0 aromatic heterocycles. The van der Waals surface area contributed by atoms with Gasteiger partial charge in [0.15, 0.2) is 0 Å². The summed E-state index contributed by atoms with van der Waals surface area (Å²) >= 11 is 0. The van der Waals surface area contributed by atoms with Crippen molar-refractivity contribution < 1.29 is 14.9 Å². The molecule has 0 fully saturated rings. The van der Waals surface area contributed by atoms with Crippen molar-refractivity contribution in [1.29, 1.82) is 0 Å². The minimum Gasteiger partial charge on any atom is -0.393 e. The van der Waals surface area contributed by atoms with E-state index in [0.717, 1.165) is 13.2 Å². The van der Waals surface area contributed by atoms with Gasteiger partial charge in [0.2, 0.25) is 0 Å². The summed E-state index contributed by atoms with van der Waals surface area (Å²) in [5.74, 6) is 0. The van der Waals surface area contributed by atoms with Gasteiger partial charge in [-0.1, -0.05) is 26.7 Å². The van der Waals surface area contributed by atoms with E-state index in [1.807, 2.05) is 0 Å². The van der Waals surface area contributed by atoms with Gasteiger partial charge in [0.1, 0.15) is 0 Å². The fraction of sp³-hybridized carbons (Fsp3) is 1.00. The normalized spacial score (nSPS) is 12.9. The molecule has 0 aliphatic carbocycles. The molecule has 0 amide bonds. The monoisotopic (exact) mass is 248 g/mol. The first kappa shape index (κ1) is 19.2. The van der Waals surface area contributed by atoms with Crippen LogP contribution in [0, 0.1) is 0 Å². The molecular weight excluding hydrogens is 216 g/mol. The lowest BCUT2D eigenvalue weighted by molar-refractivity contribution is 0.0249. The minimum absolute atomic E-state index is 0.407. The van der Waals surface area contributed by atoms with Crippen molar-refractivity contribution in [2.75, 3.05) is 13.2 Å². The number of aliphatic hydroxyl groups excluding tert-OH is 1. The predicted octanol–water partition coefficient (Wildman–Crippen LogP) is 3.13. The second kappa shape index (κ2) is 12.3. The zero-order valence-electron chi connectivity index (χ0n) is 12.3. The van der Waals surface area contributed by atoms with Crippen molar-refractivity contribution in [3.05, 3.63) is 0 Å². The first-order chi connectivity index (χ1) is 7.83. The van der Waals surface area contributed by atoms with Crippen LogP contribution in [0.5, 0.6) is 0 Å². The summed E-state index contributed by atoms with van der Waals surface area (Å²) in [6.45, 7) is 11.3. The Kier molecular flexibility index (Phi) is 14.0. The van der Waals surface area contributed by atoms with Crippen molar-refractivity contribution in [3.63, 3.8) is 0 Å². The topological polar surface area (TPSA) is 49.7 Å². The first-order valence-corrected chi connectivity index (χ1v) is 6.81. The number of hydrogen-bond donors (Lipinski definition) is 2. The molecule has 0 rings (SSSR count). The van der Waals surface area contributed by atoms with Gasteiger partial charge >= 0.3 is 0 Å². The predicted molar refractivity (Wildman–Crippen MR) is 73.2 cm³/mol. The highest BCUT2D eigenvalue weighted by Gasteiger charge is 2.14. The average Bonchev–Trinajstić information content (AvgIpc) is 2.15. The molecule has 1 atom stereocenters. The third-order valence-corrected chi connectivity index (χ3v) is 2.08. The lowest BCUT2D eigenvalue weighted by Crippen LogP contribution is -2.24. The van der Waals surface area contributed by atoms with Gasteiger partial charge in [0.25, 0.3) is 0 Å². The van der Waals surface area contributed by atoms with Gasteiger partial charge in [0, 0.05) is 19.6 Å². The summed E-state index contributed by atoms with van der Waals surface area (Å²) in [5.41, 5.74) is -0.728. The molecule has 17 heavy (non-hydrogen) atoms. The van der Waals surface area contributed by atoms with Crippen LogP contribution < -0.4 is 0 Å². The fourth-order valence-corrected chi connectivity index (χ4v) is 1.32. The van der Waals surface area contributed by atoms with Crippen molar-refractivity contribution in [2.45, 2.75) is 78.4 Å². The number of hydrogen-bond acceptors (Lipinski definition) is 3. The lowest BCUT2D eigenvalue weighted by atomic mass is 10.0. The SMILES string of the molecule is CC(O)CC(C)(C)O.CCCCOCCCC. The van der Waals surface area contributed by atoms with Crippen molar-refractivity contribution in [1.82, 2.24) is 0 Å². The van der Waals surface area contributed by atoms with Crippen LogP contribution in [0.25, 0.3) is 0 Å². The number of ether oxygens (including phenoxy) is 1. The van der Waals surface area contributed by atoms with E-state index in [1.54, 1.807) is 20.8 Å². The van der Waals surface area contributed by atoms with Gasteiger partial charge < -0.3 is 14.9 Å². The molecule has 0 bridgehead atoms. The first-order valence-electron chi connectivity index (χ1n) is 6.81. The van der Waals surface area contributed by atoms with Crippen molar-refractivity contribution in [2.24, 2.45) is 0 Å². The van der Waals surface area contributed by atoms with Gasteiger partial charge in [-0.2, -0.15) is 0 Å². The Morgan fingerprint density at radius 2 is 1.47 bits per heavy atom. The number of aliphatic hydroxyl groups is 2. The molecule has 0 aliphatic rings. The van der Waals surface area contributed by atoms with E-state index in [-0.39, 0.29) is 0 Å². The molecule has 3 heteroatoms. The van der Waals surface area contributed by atoms with E-state index >= 15 is 0 Å². The largest absolute Gasteiger partial charge is 0.393 e. The van der Waals surface area contributed by atoms with Crippen LogP contribution in [0.1, 0.15) is 66.7 Å². The van der Waals surface area contributed by atoms with Crippen LogP contribution >= 0.6 is 0 Å². The Bertz CT molecular complexity index is 133. The Hall–Kier alpha value is -0.120. The van der Waals surface area contributed by atoms with E-state index in [2.05, 4.69) is 13.8 Å². The van der Waals surface area contributed by atoms with Crippen LogP contribution in [-0.2, 0) is 4.74 Å². The van der Waals surface area contributed by atoms with Gasteiger partial charge in [-0.15, -0.1) is 0 Å². The summed E-state index contributed by atoms with van der Waals surface area (Å²) in [4.78, 5) is 0. The van der Waals surface area contributed by atoms with E-state index < -0.39 is 11.7 Å². The molecule has 0 aliphatic heterocycles. The third-order valence-electron chi connectivity index (χ3n) is 2.08. The molecule has 2 N–H and O–H groups in total. The Balaban J connectivity index is 0. The molecule has 0 radical (unpaired) electrons. The molecular formula is C14H32O3. The highest BCUT2D eigenvalue weighted by molar-refractivity contribution is 4.67. The second-order valence-electron chi connectivity index (χ2n) is 5.19. The Morgan fingerprint density at radius 1 is 1.06 bits per heavy atom. The van der Waals surface area contributed by atoms with Crippen LogP contribution in [0.3, 0.4) is 0 Å². The molecule has 0 heterocycles. The Morgan fingerprint density at radius 3 is 1.65 bits per heavy atom. The molecule has 0 spiro atoms. The summed E-state index contributed by atoms with van der Waals surface area (Å²) in [6, 6.07) is 0. The maximum absolute atomic E-state index is 9.03. The number of unbranched alkanes of at least 4 members (excludes halogenated alkanes) is 2. The maximum atomic E-state index is 9.03. The van der Waals surface area contributed by atoms with E-state index in [1.165, 1.54) is 25.7 Å². The fourth-order valence-electron chi connectivity index (χ4n) is 1.32. The summed E-state index contributed by atoms with van der Waals surface area (Å²) in [6.07, 6.45) is 4.94. The van der Waals surface area contributed by atoms with Gasteiger partial charge in [-0.05, 0) is 33.6 Å². The van der Waals surface area contributed by atoms with Gasteiger partial charge in [-0.3, -0.25) is 0 Å². The third kappa shape index (κ3) is 25.8.